The minimum atomic E-state index is -0.300. The molecule has 0 heterocycles. The summed E-state index contributed by atoms with van der Waals surface area (Å²) in [5.74, 6) is 0.341. The third-order valence-electron chi connectivity index (χ3n) is 2.34. The van der Waals surface area contributed by atoms with E-state index in [9.17, 15) is 4.79 Å². The van der Waals surface area contributed by atoms with Gasteiger partial charge < -0.3 is 4.74 Å². The van der Waals surface area contributed by atoms with Crippen LogP contribution in [0.1, 0.15) is 37.0 Å². The van der Waals surface area contributed by atoms with Gasteiger partial charge in [-0.15, -0.1) is 12.6 Å². The fourth-order valence-corrected chi connectivity index (χ4v) is 2.25. The van der Waals surface area contributed by atoms with Crippen molar-refractivity contribution in [3.05, 3.63) is 28.2 Å². The second-order valence-corrected chi connectivity index (χ2v) is 5.73. The Morgan fingerprint density at radius 2 is 2.18 bits per heavy atom. The lowest BCUT2D eigenvalue weighted by Gasteiger charge is -2.08. The van der Waals surface area contributed by atoms with Crippen LogP contribution in [0.2, 0.25) is 0 Å². The van der Waals surface area contributed by atoms with E-state index < -0.39 is 0 Å². The highest BCUT2D eigenvalue weighted by atomic mass is 79.9. The molecule has 0 radical (unpaired) electrons. The molecule has 0 amide bonds. The van der Waals surface area contributed by atoms with Gasteiger partial charge in [-0.1, -0.05) is 29.8 Å². The summed E-state index contributed by atoms with van der Waals surface area (Å²) in [6, 6.07) is 5.31. The lowest BCUT2D eigenvalue weighted by Crippen LogP contribution is -2.08. The third-order valence-corrected chi connectivity index (χ3v) is 3.20. The van der Waals surface area contributed by atoms with Gasteiger partial charge in [-0.05, 0) is 37.0 Å². The summed E-state index contributed by atoms with van der Waals surface area (Å²) < 4.78 is 6.10. The molecule has 0 fully saturated rings. The van der Waals surface area contributed by atoms with Crippen LogP contribution in [0.3, 0.4) is 0 Å². The molecule has 17 heavy (non-hydrogen) atoms. The summed E-state index contributed by atoms with van der Waals surface area (Å²) in [6.07, 6.45) is 1.98. The summed E-state index contributed by atoms with van der Waals surface area (Å²) in [5, 5.41) is 0. The van der Waals surface area contributed by atoms with Crippen molar-refractivity contribution in [2.24, 2.45) is 5.92 Å². The number of esters is 1. The monoisotopic (exact) mass is 316 g/mol. The van der Waals surface area contributed by atoms with Crippen LogP contribution in [0.5, 0.6) is 0 Å². The Hall–Kier alpha value is -0.480. The molecular formula is C13H17BrO2S. The van der Waals surface area contributed by atoms with Crippen LogP contribution in [0.25, 0.3) is 0 Å². The van der Waals surface area contributed by atoms with Gasteiger partial charge in [-0.2, -0.15) is 0 Å². The summed E-state index contributed by atoms with van der Waals surface area (Å²) in [7, 11) is 0. The number of rotatable bonds is 5. The van der Waals surface area contributed by atoms with Crippen molar-refractivity contribution in [2.45, 2.75) is 31.6 Å². The number of benzene rings is 1. The first kappa shape index (κ1) is 14.6. The highest BCUT2D eigenvalue weighted by Crippen LogP contribution is 2.20. The molecule has 0 unspecified atom stereocenters. The van der Waals surface area contributed by atoms with Gasteiger partial charge in [0.15, 0.2) is 0 Å². The highest BCUT2D eigenvalue weighted by Gasteiger charge is 2.10. The molecule has 0 saturated heterocycles. The number of carbonyl (C=O) groups excluding carboxylic acids is 1. The Labute approximate surface area is 116 Å². The predicted molar refractivity (Wildman–Crippen MR) is 75.7 cm³/mol. The quantitative estimate of drug-likeness (QED) is 0.497. The van der Waals surface area contributed by atoms with Gasteiger partial charge >= 0.3 is 5.97 Å². The molecule has 94 valence electrons. The average molecular weight is 317 g/mol. The Kier molecular flexibility index (Phi) is 6.06. The zero-order chi connectivity index (χ0) is 12.8. The van der Waals surface area contributed by atoms with E-state index in [0.717, 1.165) is 17.3 Å². The van der Waals surface area contributed by atoms with Crippen molar-refractivity contribution in [1.82, 2.24) is 0 Å². The van der Waals surface area contributed by atoms with E-state index in [1.54, 1.807) is 12.1 Å². The van der Waals surface area contributed by atoms with Crippen LogP contribution < -0.4 is 0 Å². The molecular weight excluding hydrogens is 300 g/mol. The van der Waals surface area contributed by atoms with E-state index in [4.69, 9.17) is 4.74 Å². The number of hydrogen-bond donors (Lipinski definition) is 1. The van der Waals surface area contributed by atoms with Crippen LogP contribution in [-0.4, -0.2) is 12.6 Å². The second-order valence-electron chi connectivity index (χ2n) is 4.33. The van der Waals surface area contributed by atoms with Crippen LogP contribution in [0, 0.1) is 5.92 Å². The highest BCUT2D eigenvalue weighted by molar-refractivity contribution is 9.10. The van der Waals surface area contributed by atoms with Gasteiger partial charge in [0.2, 0.25) is 0 Å². The fraction of sp³-hybridized carbons (Fsp3) is 0.462. The number of hydrogen-bond acceptors (Lipinski definition) is 3. The molecule has 0 saturated carbocycles. The second kappa shape index (κ2) is 7.07. The maximum absolute atomic E-state index is 11.7. The molecule has 0 aliphatic carbocycles. The van der Waals surface area contributed by atoms with Gasteiger partial charge in [-0.25, -0.2) is 4.79 Å². The first-order valence-electron chi connectivity index (χ1n) is 5.66. The van der Waals surface area contributed by atoms with Gasteiger partial charge in [-0.3, -0.25) is 0 Å². The molecule has 2 nitrogen and oxygen atoms in total. The van der Waals surface area contributed by atoms with Crippen molar-refractivity contribution in [3.63, 3.8) is 0 Å². The Balaban J connectivity index is 2.47. The van der Waals surface area contributed by atoms with Crippen molar-refractivity contribution >= 4 is 34.5 Å². The first-order chi connectivity index (χ1) is 8.00. The third kappa shape index (κ3) is 5.13. The van der Waals surface area contributed by atoms with E-state index in [-0.39, 0.29) is 5.97 Å². The minimum Gasteiger partial charge on any atom is -0.462 e. The van der Waals surface area contributed by atoms with Gasteiger partial charge in [0.25, 0.3) is 0 Å². The van der Waals surface area contributed by atoms with E-state index >= 15 is 0 Å². The van der Waals surface area contributed by atoms with Crippen LogP contribution in [0.15, 0.2) is 27.6 Å². The lowest BCUT2D eigenvalue weighted by molar-refractivity contribution is 0.0491. The fourth-order valence-electron chi connectivity index (χ4n) is 1.41. The van der Waals surface area contributed by atoms with E-state index in [0.29, 0.717) is 23.0 Å². The van der Waals surface area contributed by atoms with Crippen molar-refractivity contribution < 1.29 is 9.53 Å². The Morgan fingerprint density at radius 3 is 2.76 bits per heavy atom. The van der Waals surface area contributed by atoms with E-state index in [1.165, 1.54) is 0 Å². The zero-order valence-electron chi connectivity index (χ0n) is 10.1. The van der Waals surface area contributed by atoms with Crippen LogP contribution in [-0.2, 0) is 4.74 Å². The molecule has 4 heteroatoms. The maximum atomic E-state index is 11.7. The lowest BCUT2D eigenvalue weighted by atomic mass is 10.1. The topological polar surface area (TPSA) is 26.3 Å². The maximum Gasteiger partial charge on any atom is 0.339 e. The largest absolute Gasteiger partial charge is 0.462 e. The van der Waals surface area contributed by atoms with E-state index in [1.807, 2.05) is 6.07 Å². The van der Waals surface area contributed by atoms with Crippen molar-refractivity contribution in [2.75, 3.05) is 6.61 Å². The van der Waals surface area contributed by atoms with Crippen LogP contribution >= 0.6 is 28.6 Å². The minimum absolute atomic E-state index is 0.300. The molecule has 1 aromatic rings. The molecule has 0 spiro atoms. The predicted octanol–water partition coefficient (Wildman–Crippen LogP) is 4.33. The summed E-state index contributed by atoms with van der Waals surface area (Å²) in [5.41, 5.74) is 0.515. The first-order valence-corrected chi connectivity index (χ1v) is 6.90. The normalized spacial score (nSPS) is 10.6. The van der Waals surface area contributed by atoms with Gasteiger partial charge in [0.05, 0.1) is 12.2 Å². The molecule has 1 rings (SSSR count). The average Bonchev–Trinajstić information content (AvgIpc) is 2.23. The molecule has 0 aliphatic heterocycles. The number of halogens is 1. The number of ether oxygens (including phenoxy) is 1. The number of thiol groups is 1. The molecule has 0 N–H and O–H groups in total. The molecule has 0 aliphatic rings. The van der Waals surface area contributed by atoms with Crippen molar-refractivity contribution in [1.29, 1.82) is 0 Å². The van der Waals surface area contributed by atoms with E-state index in [2.05, 4.69) is 42.4 Å². The SMILES string of the molecule is CC(C)CCCOC(=O)c1ccc(Br)cc1S. The number of carbonyl (C=O) groups is 1. The Bertz CT molecular complexity index is 391. The zero-order valence-corrected chi connectivity index (χ0v) is 12.6. The smallest absolute Gasteiger partial charge is 0.339 e. The standard InChI is InChI=1S/C13H17BrO2S/c1-9(2)4-3-7-16-13(15)11-6-5-10(14)8-12(11)17/h5-6,8-9,17H,3-4,7H2,1-2H3. The Morgan fingerprint density at radius 1 is 1.47 bits per heavy atom. The van der Waals surface area contributed by atoms with Crippen molar-refractivity contribution in [3.8, 4) is 0 Å². The van der Waals surface area contributed by atoms with Crippen LogP contribution in [0.4, 0.5) is 0 Å². The van der Waals surface area contributed by atoms with Gasteiger partial charge in [0.1, 0.15) is 0 Å². The summed E-state index contributed by atoms with van der Waals surface area (Å²) >= 11 is 7.58. The molecule has 0 aromatic heterocycles. The summed E-state index contributed by atoms with van der Waals surface area (Å²) in [6.45, 7) is 4.78. The molecule has 1 aromatic carbocycles. The summed E-state index contributed by atoms with van der Waals surface area (Å²) in [4.78, 5) is 12.4. The van der Waals surface area contributed by atoms with Gasteiger partial charge in [0, 0.05) is 9.37 Å². The molecule has 0 atom stereocenters. The molecule has 0 bridgehead atoms.